The molecule has 0 amide bonds. The monoisotopic (exact) mass is 237 g/mol. The van der Waals surface area contributed by atoms with Gasteiger partial charge in [0.15, 0.2) is 0 Å². The first-order chi connectivity index (χ1) is 8.29. The third kappa shape index (κ3) is 4.55. The van der Waals surface area contributed by atoms with Gasteiger partial charge in [-0.05, 0) is 25.0 Å². The van der Waals surface area contributed by atoms with Gasteiger partial charge >= 0.3 is 0 Å². The van der Waals surface area contributed by atoms with Crippen LogP contribution in [0.2, 0.25) is 0 Å². The summed E-state index contributed by atoms with van der Waals surface area (Å²) in [5.74, 6) is 1.46. The summed E-state index contributed by atoms with van der Waals surface area (Å²) in [7, 11) is 0. The molecule has 0 bridgehead atoms. The van der Waals surface area contributed by atoms with E-state index in [4.69, 9.17) is 15.2 Å². The summed E-state index contributed by atoms with van der Waals surface area (Å²) in [5, 5.41) is 0. The number of nitrogens with two attached hydrogens (primary N) is 1. The third-order valence-corrected chi connectivity index (χ3v) is 2.54. The Bertz CT molecular complexity index is 298. The second kappa shape index (κ2) is 7.82. The lowest BCUT2D eigenvalue weighted by atomic mass is 10.2. The number of hydrogen-bond donors (Lipinski definition) is 1. The minimum Gasteiger partial charge on any atom is -0.491 e. The average Bonchev–Trinajstić information content (AvgIpc) is 2.34. The second-order valence-corrected chi connectivity index (χ2v) is 4.07. The Balaban J connectivity index is 2.56. The van der Waals surface area contributed by atoms with Gasteiger partial charge in [-0.25, -0.2) is 0 Å². The molecule has 0 atom stereocenters. The van der Waals surface area contributed by atoms with Crippen LogP contribution in [0.15, 0.2) is 18.2 Å². The first kappa shape index (κ1) is 13.7. The summed E-state index contributed by atoms with van der Waals surface area (Å²) in [5.41, 5.74) is 6.61. The minimum absolute atomic E-state index is 0.611. The normalized spacial score (nSPS) is 10.2. The summed E-state index contributed by atoms with van der Waals surface area (Å²) < 4.78 is 11.2. The number of nitrogen functional groups attached to an aromatic ring is 1. The van der Waals surface area contributed by atoms with Crippen molar-refractivity contribution in [1.82, 2.24) is 0 Å². The van der Waals surface area contributed by atoms with Crippen LogP contribution in [0.25, 0.3) is 0 Å². The molecule has 96 valence electrons. The van der Waals surface area contributed by atoms with E-state index in [-0.39, 0.29) is 0 Å². The van der Waals surface area contributed by atoms with Gasteiger partial charge in [0.2, 0.25) is 0 Å². The number of hydrogen-bond acceptors (Lipinski definition) is 3. The standard InChI is InChI=1S/C14H23NO2/c1-3-5-10-16-12-8-7-9-13(14(12)15)17-11-6-4-2/h7-9H,3-6,10-11,15H2,1-2H3. The Morgan fingerprint density at radius 2 is 1.41 bits per heavy atom. The van der Waals surface area contributed by atoms with E-state index in [0.29, 0.717) is 18.9 Å². The smallest absolute Gasteiger partial charge is 0.146 e. The highest BCUT2D eigenvalue weighted by Crippen LogP contribution is 2.31. The van der Waals surface area contributed by atoms with Gasteiger partial charge in [0.25, 0.3) is 0 Å². The van der Waals surface area contributed by atoms with Gasteiger partial charge < -0.3 is 15.2 Å². The molecule has 17 heavy (non-hydrogen) atoms. The Hall–Kier alpha value is -1.38. The van der Waals surface area contributed by atoms with Crippen LogP contribution in [0, 0.1) is 0 Å². The molecule has 3 heteroatoms. The van der Waals surface area contributed by atoms with Crippen molar-refractivity contribution in [2.24, 2.45) is 0 Å². The molecule has 2 N–H and O–H groups in total. The van der Waals surface area contributed by atoms with Crippen molar-refractivity contribution in [1.29, 1.82) is 0 Å². The summed E-state index contributed by atoms with van der Waals surface area (Å²) in [6, 6.07) is 5.69. The molecule has 0 fully saturated rings. The van der Waals surface area contributed by atoms with E-state index in [1.807, 2.05) is 18.2 Å². The summed E-state index contributed by atoms with van der Waals surface area (Å²) in [6.45, 7) is 5.69. The van der Waals surface area contributed by atoms with Gasteiger partial charge in [-0.15, -0.1) is 0 Å². The fourth-order valence-electron chi connectivity index (χ4n) is 1.43. The summed E-state index contributed by atoms with van der Waals surface area (Å²) >= 11 is 0. The van der Waals surface area contributed by atoms with Gasteiger partial charge in [0, 0.05) is 0 Å². The van der Waals surface area contributed by atoms with E-state index in [1.54, 1.807) is 0 Å². The molecule has 0 aliphatic heterocycles. The topological polar surface area (TPSA) is 44.5 Å². The predicted molar refractivity (Wildman–Crippen MR) is 71.7 cm³/mol. The van der Waals surface area contributed by atoms with Crippen LogP contribution in [0.3, 0.4) is 0 Å². The lowest BCUT2D eigenvalue weighted by Gasteiger charge is -2.12. The quantitative estimate of drug-likeness (QED) is 0.554. The number of benzene rings is 1. The number of rotatable bonds is 8. The maximum absolute atomic E-state index is 6.00. The number of unbranched alkanes of at least 4 members (excludes halogenated alkanes) is 2. The molecule has 0 saturated heterocycles. The van der Waals surface area contributed by atoms with E-state index in [0.717, 1.165) is 37.2 Å². The Morgan fingerprint density at radius 3 is 1.82 bits per heavy atom. The van der Waals surface area contributed by atoms with Crippen molar-refractivity contribution in [3.8, 4) is 11.5 Å². The summed E-state index contributed by atoms with van der Waals surface area (Å²) in [6.07, 6.45) is 4.32. The molecule has 1 aromatic carbocycles. The zero-order valence-electron chi connectivity index (χ0n) is 10.9. The molecule has 0 unspecified atom stereocenters. The number of ether oxygens (including phenoxy) is 2. The molecule has 1 aromatic rings. The van der Waals surface area contributed by atoms with Gasteiger partial charge in [-0.1, -0.05) is 32.8 Å². The van der Waals surface area contributed by atoms with Crippen molar-refractivity contribution < 1.29 is 9.47 Å². The average molecular weight is 237 g/mol. The fraction of sp³-hybridized carbons (Fsp3) is 0.571. The maximum Gasteiger partial charge on any atom is 0.146 e. The molecule has 0 aliphatic rings. The van der Waals surface area contributed by atoms with Gasteiger partial charge in [0.05, 0.1) is 13.2 Å². The molecule has 0 spiro atoms. The van der Waals surface area contributed by atoms with Crippen LogP contribution in [-0.4, -0.2) is 13.2 Å². The van der Waals surface area contributed by atoms with Crippen LogP contribution in [0.5, 0.6) is 11.5 Å². The minimum atomic E-state index is 0.611. The van der Waals surface area contributed by atoms with E-state index in [1.165, 1.54) is 0 Å². The molecule has 0 aromatic heterocycles. The summed E-state index contributed by atoms with van der Waals surface area (Å²) in [4.78, 5) is 0. The second-order valence-electron chi connectivity index (χ2n) is 4.07. The van der Waals surface area contributed by atoms with Gasteiger partial charge in [-0.3, -0.25) is 0 Å². The number of para-hydroxylation sites is 1. The zero-order valence-corrected chi connectivity index (χ0v) is 10.9. The van der Waals surface area contributed by atoms with Gasteiger partial charge in [-0.2, -0.15) is 0 Å². The molecular weight excluding hydrogens is 214 g/mol. The Morgan fingerprint density at radius 1 is 0.941 bits per heavy atom. The highest BCUT2D eigenvalue weighted by Gasteiger charge is 2.06. The van der Waals surface area contributed by atoms with Crippen molar-refractivity contribution in [3.63, 3.8) is 0 Å². The molecular formula is C14H23NO2. The van der Waals surface area contributed by atoms with Crippen molar-refractivity contribution in [2.75, 3.05) is 18.9 Å². The van der Waals surface area contributed by atoms with Crippen molar-refractivity contribution >= 4 is 5.69 Å². The van der Waals surface area contributed by atoms with Crippen LogP contribution < -0.4 is 15.2 Å². The van der Waals surface area contributed by atoms with E-state index in [9.17, 15) is 0 Å². The molecule has 0 radical (unpaired) electrons. The molecule has 3 nitrogen and oxygen atoms in total. The SMILES string of the molecule is CCCCOc1cccc(OCCCC)c1N. The largest absolute Gasteiger partial charge is 0.491 e. The maximum atomic E-state index is 6.00. The van der Waals surface area contributed by atoms with E-state index < -0.39 is 0 Å². The molecule has 0 heterocycles. The Labute approximate surface area is 104 Å². The van der Waals surface area contributed by atoms with E-state index >= 15 is 0 Å². The van der Waals surface area contributed by atoms with Crippen molar-refractivity contribution in [3.05, 3.63) is 18.2 Å². The first-order valence-corrected chi connectivity index (χ1v) is 6.43. The highest BCUT2D eigenvalue weighted by atomic mass is 16.5. The fourth-order valence-corrected chi connectivity index (χ4v) is 1.43. The third-order valence-electron chi connectivity index (χ3n) is 2.54. The van der Waals surface area contributed by atoms with Gasteiger partial charge in [0.1, 0.15) is 17.2 Å². The molecule has 0 aliphatic carbocycles. The lowest BCUT2D eigenvalue weighted by Crippen LogP contribution is -2.03. The van der Waals surface area contributed by atoms with Crippen LogP contribution >= 0.6 is 0 Å². The van der Waals surface area contributed by atoms with Crippen LogP contribution in [-0.2, 0) is 0 Å². The van der Waals surface area contributed by atoms with E-state index in [2.05, 4.69) is 13.8 Å². The highest BCUT2D eigenvalue weighted by molar-refractivity contribution is 5.62. The lowest BCUT2D eigenvalue weighted by molar-refractivity contribution is 0.297. The number of anilines is 1. The molecule has 0 saturated carbocycles. The Kier molecular flexibility index (Phi) is 6.30. The molecule has 1 rings (SSSR count). The van der Waals surface area contributed by atoms with Crippen LogP contribution in [0.1, 0.15) is 39.5 Å². The van der Waals surface area contributed by atoms with Crippen molar-refractivity contribution in [2.45, 2.75) is 39.5 Å². The predicted octanol–water partition coefficient (Wildman–Crippen LogP) is 3.63. The van der Waals surface area contributed by atoms with Crippen LogP contribution in [0.4, 0.5) is 5.69 Å². The first-order valence-electron chi connectivity index (χ1n) is 6.43. The zero-order chi connectivity index (χ0) is 12.5.